The van der Waals surface area contributed by atoms with Gasteiger partial charge in [-0.3, -0.25) is 0 Å². The number of halogens is 1. The third kappa shape index (κ3) is 4.02. The van der Waals surface area contributed by atoms with E-state index in [-0.39, 0.29) is 0 Å². The lowest BCUT2D eigenvalue weighted by molar-refractivity contribution is 0.412. The van der Waals surface area contributed by atoms with Gasteiger partial charge in [0.1, 0.15) is 5.75 Å². The maximum Gasteiger partial charge on any atom is 0.133 e. The monoisotopic (exact) mass is 365 g/mol. The molecule has 2 aromatic carbocycles. The molecule has 0 bridgehead atoms. The van der Waals surface area contributed by atoms with Gasteiger partial charge in [0.25, 0.3) is 0 Å². The zero-order valence-electron chi connectivity index (χ0n) is 12.5. The molecule has 0 saturated heterocycles. The van der Waals surface area contributed by atoms with Crippen LogP contribution in [0.25, 0.3) is 0 Å². The average Bonchev–Trinajstić information content (AvgIpc) is 2.52. The molecular weight excluding hydrogens is 346 g/mol. The van der Waals surface area contributed by atoms with Gasteiger partial charge < -0.3 is 10.1 Å². The molecule has 1 N–H and O–H groups in total. The number of thioether (sulfide) groups is 1. The van der Waals surface area contributed by atoms with E-state index in [9.17, 15) is 0 Å². The highest BCUT2D eigenvalue weighted by atomic mass is 79.9. The predicted octanol–water partition coefficient (Wildman–Crippen LogP) is 4.68. The second-order valence-corrected chi connectivity index (χ2v) is 6.46. The van der Waals surface area contributed by atoms with Gasteiger partial charge in [0.05, 0.1) is 11.6 Å². The first kappa shape index (κ1) is 16.4. The molecule has 0 spiro atoms. The topological polar surface area (TPSA) is 21.3 Å². The number of hydrogen-bond acceptors (Lipinski definition) is 3. The molecule has 0 saturated carbocycles. The van der Waals surface area contributed by atoms with E-state index in [0.29, 0.717) is 6.04 Å². The van der Waals surface area contributed by atoms with E-state index in [2.05, 4.69) is 63.9 Å². The molecule has 0 heterocycles. The van der Waals surface area contributed by atoms with E-state index >= 15 is 0 Å². The Bertz CT molecular complexity index is 603. The van der Waals surface area contributed by atoms with E-state index in [1.807, 2.05) is 13.1 Å². The summed E-state index contributed by atoms with van der Waals surface area (Å²) in [6.45, 7) is 0. The van der Waals surface area contributed by atoms with Crippen LogP contribution in [-0.2, 0) is 6.42 Å². The summed E-state index contributed by atoms with van der Waals surface area (Å²) in [7, 11) is 3.70. The van der Waals surface area contributed by atoms with Crippen molar-refractivity contribution in [3.8, 4) is 5.75 Å². The van der Waals surface area contributed by atoms with Crippen molar-refractivity contribution in [1.82, 2.24) is 5.32 Å². The lowest BCUT2D eigenvalue weighted by atomic mass is 9.99. The number of ether oxygens (including phenoxy) is 1. The maximum atomic E-state index is 5.29. The van der Waals surface area contributed by atoms with Crippen LogP contribution < -0.4 is 10.1 Å². The van der Waals surface area contributed by atoms with Crippen molar-refractivity contribution < 1.29 is 4.74 Å². The van der Waals surface area contributed by atoms with Crippen LogP contribution in [0.3, 0.4) is 0 Å². The summed E-state index contributed by atoms with van der Waals surface area (Å²) in [4.78, 5) is 1.32. The van der Waals surface area contributed by atoms with Gasteiger partial charge in [-0.1, -0.05) is 24.3 Å². The van der Waals surface area contributed by atoms with Crippen molar-refractivity contribution in [2.75, 3.05) is 20.4 Å². The van der Waals surface area contributed by atoms with Crippen LogP contribution >= 0.6 is 27.7 Å². The van der Waals surface area contributed by atoms with E-state index in [4.69, 9.17) is 4.74 Å². The molecule has 0 aliphatic carbocycles. The number of rotatable bonds is 6. The summed E-state index contributed by atoms with van der Waals surface area (Å²) in [5, 5.41) is 3.43. The highest BCUT2D eigenvalue weighted by Crippen LogP contribution is 2.30. The number of likely N-dealkylation sites (N-methyl/N-ethyl adjacent to an activating group) is 1. The second kappa shape index (κ2) is 7.87. The van der Waals surface area contributed by atoms with Crippen molar-refractivity contribution >= 4 is 27.7 Å². The predicted molar refractivity (Wildman–Crippen MR) is 94.4 cm³/mol. The third-order valence-corrected chi connectivity index (χ3v) is 4.95. The standard InChI is InChI=1S/C17H20BrNOS/c1-19-15(13-6-4-5-7-17(13)21-3)11-12-8-9-16(20-2)14(18)10-12/h4-10,15,19H,11H2,1-3H3. The Morgan fingerprint density at radius 2 is 2.00 bits per heavy atom. The zero-order chi connectivity index (χ0) is 15.2. The summed E-state index contributed by atoms with van der Waals surface area (Å²) in [5.74, 6) is 0.865. The first-order valence-corrected chi connectivity index (χ1v) is 8.84. The minimum absolute atomic E-state index is 0.300. The fourth-order valence-electron chi connectivity index (χ4n) is 2.39. The lowest BCUT2D eigenvalue weighted by Gasteiger charge is -2.20. The molecule has 2 nitrogen and oxygen atoms in total. The second-order valence-electron chi connectivity index (χ2n) is 4.76. The van der Waals surface area contributed by atoms with Gasteiger partial charge in [0.2, 0.25) is 0 Å². The van der Waals surface area contributed by atoms with Gasteiger partial charge >= 0.3 is 0 Å². The van der Waals surface area contributed by atoms with Gasteiger partial charge in [0, 0.05) is 10.9 Å². The number of benzene rings is 2. The van der Waals surface area contributed by atoms with E-state index in [1.165, 1.54) is 16.0 Å². The van der Waals surface area contributed by atoms with Crippen LogP contribution in [0.15, 0.2) is 51.8 Å². The summed E-state index contributed by atoms with van der Waals surface area (Å²) in [6, 6.07) is 15.1. The van der Waals surface area contributed by atoms with Crippen molar-refractivity contribution in [3.63, 3.8) is 0 Å². The molecule has 0 fully saturated rings. The maximum absolute atomic E-state index is 5.29. The molecule has 112 valence electrons. The number of methoxy groups -OCH3 is 1. The van der Waals surface area contributed by atoms with Gasteiger partial charge in [-0.2, -0.15) is 0 Å². The molecule has 2 aromatic rings. The highest BCUT2D eigenvalue weighted by molar-refractivity contribution is 9.10. The van der Waals surface area contributed by atoms with Gasteiger partial charge in [0.15, 0.2) is 0 Å². The Hall–Kier alpha value is -0.970. The van der Waals surface area contributed by atoms with Crippen molar-refractivity contribution in [3.05, 3.63) is 58.1 Å². The van der Waals surface area contributed by atoms with Crippen LogP contribution in [0.4, 0.5) is 0 Å². The first-order chi connectivity index (χ1) is 10.2. The fourth-order valence-corrected chi connectivity index (χ4v) is 3.64. The van der Waals surface area contributed by atoms with Crippen LogP contribution in [0, 0.1) is 0 Å². The lowest BCUT2D eigenvalue weighted by Crippen LogP contribution is -2.19. The molecule has 21 heavy (non-hydrogen) atoms. The Labute approximate surface area is 139 Å². The average molecular weight is 366 g/mol. The minimum Gasteiger partial charge on any atom is -0.496 e. The molecule has 4 heteroatoms. The van der Waals surface area contributed by atoms with Gasteiger partial charge in [-0.25, -0.2) is 0 Å². The zero-order valence-corrected chi connectivity index (χ0v) is 14.9. The molecule has 0 aliphatic heterocycles. The van der Waals surface area contributed by atoms with Gasteiger partial charge in [-0.15, -0.1) is 11.8 Å². The molecule has 0 amide bonds. The van der Waals surface area contributed by atoms with Crippen LogP contribution in [0.1, 0.15) is 17.2 Å². The largest absolute Gasteiger partial charge is 0.496 e. The van der Waals surface area contributed by atoms with Crippen LogP contribution in [0.2, 0.25) is 0 Å². The number of nitrogens with one attached hydrogen (secondary N) is 1. The molecule has 1 atom stereocenters. The Morgan fingerprint density at radius 3 is 2.62 bits per heavy atom. The fraction of sp³-hybridized carbons (Fsp3) is 0.294. The van der Waals surface area contributed by atoms with E-state index in [0.717, 1.165) is 16.6 Å². The quantitative estimate of drug-likeness (QED) is 0.750. The summed E-state index contributed by atoms with van der Waals surface area (Å²) >= 11 is 5.34. The van der Waals surface area contributed by atoms with Crippen LogP contribution in [0.5, 0.6) is 5.75 Å². The van der Waals surface area contributed by atoms with E-state index < -0.39 is 0 Å². The molecule has 0 radical (unpaired) electrons. The Balaban J connectivity index is 2.25. The Morgan fingerprint density at radius 1 is 1.24 bits per heavy atom. The molecule has 0 aromatic heterocycles. The van der Waals surface area contributed by atoms with Crippen molar-refractivity contribution in [1.29, 1.82) is 0 Å². The molecular formula is C17H20BrNOS. The number of hydrogen-bond donors (Lipinski definition) is 1. The van der Waals surface area contributed by atoms with Gasteiger partial charge in [-0.05, 0) is 65.0 Å². The summed E-state index contributed by atoms with van der Waals surface area (Å²) in [6.07, 6.45) is 3.06. The summed E-state index contributed by atoms with van der Waals surface area (Å²) < 4.78 is 6.28. The SMILES string of the molecule is CNC(Cc1ccc(OC)c(Br)c1)c1ccccc1SC. The highest BCUT2D eigenvalue weighted by Gasteiger charge is 2.14. The normalized spacial score (nSPS) is 12.2. The van der Waals surface area contributed by atoms with Crippen molar-refractivity contribution in [2.45, 2.75) is 17.4 Å². The Kier molecular flexibility index (Phi) is 6.15. The van der Waals surface area contributed by atoms with Crippen molar-refractivity contribution in [2.24, 2.45) is 0 Å². The third-order valence-electron chi connectivity index (χ3n) is 3.52. The minimum atomic E-state index is 0.300. The first-order valence-electron chi connectivity index (χ1n) is 6.82. The molecule has 0 aliphatic rings. The van der Waals surface area contributed by atoms with E-state index in [1.54, 1.807) is 18.9 Å². The molecule has 1 unspecified atom stereocenters. The van der Waals surface area contributed by atoms with Crippen LogP contribution in [-0.4, -0.2) is 20.4 Å². The summed E-state index contributed by atoms with van der Waals surface area (Å²) in [5.41, 5.74) is 2.62. The molecule has 2 rings (SSSR count). The smallest absolute Gasteiger partial charge is 0.133 e.